The number of alkyl halides is 3. The van der Waals surface area contributed by atoms with Gasteiger partial charge in [-0.1, -0.05) is 11.6 Å². The van der Waals surface area contributed by atoms with Gasteiger partial charge in [0.05, 0.1) is 17.4 Å². The van der Waals surface area contributed by atoms with Crippen LogP contribution in [0.5, 0.6) is 0 Å². The molecule has 0 spiro atoms. The van der Waals surface area contributed by atoms with Gasteiger partial charge >= 0.3 is 6.18 Å². The second kappa shape index (κ2) is 6.44. The number of nitrogens with one attached hydrogen (secondary N) is 2. The number of nitrogens with zero attached hydrogens (tertiary/aromatic N) is 1. The van der Waals surface area contributed by atoms with Crippen molar-refractivity contribution in [2.45, 2.75) is 25.6 Å². The van der Waals surface area contributed by atoms with Crippen molar-refractivity contribution < 1.29 is 13.2 Å². The van der Waals surface area contributed by atoms with Crippen LogP contribution in [0.3, 0.4) is 0 Å². The summed E-state index contributed by atoms with van der Waals surface area (Å²) in [5.74, 6) is 0.363. The Morgan fingerprint density at radius 2 is 2.10 bits per heavy atom. The van der Waals surface area contributed by atoms with Crippen molar-refractivity contribution in [2.75, 3.05) is 6.54 Å². The van der Waals surface area contributed by atoms with Crippen LogP contribution in [0.15, 0.2) is 23.0 Å². The number of H-pyrrole nitrogens is 1. The Hall–Kier alpha value is -1.60. The SMILES string of the molecule is O=c1[nH]c(CNCCCC(F)(F)F)nc2cc(Cl)ccc12. The van der Waals surface area contributed by atoms with Crippen LogP contribution in [-0.4, -0.2) is 22.7 Å². The van der Waals surface area contributed by atoms with Gasteiger partial charge in [0, 0.05) is 11.4 Å². The Bertz CT molecular complexity index is 684. The van der Waals surface area contributed by atoms with E-state index < -0.39 is 12.6 Å². The summed E-state index contributed by atoms with van der Waals surface area (Å²) in [6, 6.07) is 4.74. The summed E-state index contributed by atoms with van der Waals surface area (Å²) in [6.07, 6.45) is -5.00. The molecule has 0 bridgehead atoms. The van der Waals surface area contributed by atoms with Crippen LogP contribution in [0.4, 0.5) is 13.2 Å². The highest BCUT2D eigenvalue weighted by molar-refractivity contribution is 6.31. The molecule has 2 N–H and O–H groups in total. The average molecular weight is 320 g/mol. The van der Waals surface area contributed by atoms with Gasteiger partial charge in [-0.3, -0.25) is 4.79 Å². The van der Waals surface area contributed by atoms with Gasteiger partial charge in [-0.15, -0.1) is 0 Å². The Balaban J connectivity index is 1.98. The summed E-state index contributed by atoms with van der Waals surface area (Å²) in [5, 5.41) is 3.69. The lowest BCUT2D eigenvalue weighted by atomic mass is 10.2. The number of aromatic nitrogens is 2. The molecule has 0 atom stereocenters. The van der Waals surface area contributed by atoms with Gasteiger partial charge in [-0.25, -0.2) is 4.98 Å². The number of halogens is 4. The van der Waals surface area contributed by atoms with E-state index in [0.717, 1.165) is 0 Å². The largest absolute Gasteiger partial charge is 0.389 e. The first-order valence-corrected chi connectivity index (χ1v) is 6.69. The van der Waals surface area contributed by atoms with E-state index in [1.165, 1.54) is 0 Å². The number of rotatable bonds is 5. The standard InChI is InChI=1S/C13H13ClF3N3O/c14-8-2-3-9-10(6-8)19-11(20-12(9)21)7-18-5-1-4-13(15,16)17/h2-3,6,18H,1,4-5,7H2,(H,19,20,21). The molecule has 0 unspecified atom stereocenters. The summed E-state index contributed by atoms with van der Waals surface area (Å²) in [5.41, 5.74) is 0.155. The number of benzene rings is 1. The fourth-order valence-corrected chi connectivity index (χ4v) is 2.03. The monoisotopic (exact) mass is 319 g/mol. The second-order valence-electron chi connectivity index (χ2n) is 4.57. The summed E-state index contributed by atoms with van der Waals surface area (Å²) in [6.45, 7) is 0.381. The zero-order chi connectivity index (χ0) is 15.5. The van der Waals surface area contributed by atoms with Crippen LogP contribution >= 0.6 is 11.6 Å². The molecule has 0 amide bonds. The summed E-state index contributed by atoms with van der Waals surface area (Å²) >= 11 is 5.84. The van der Waals surface area contributed by atoms with Crippen LogP contribution in [0.1, 0.15) is 18.7 Å². The maximum absolute atomic E-state index is 12.0. The molecule has 2 aromatic rings. The smallest absolute Gasteiger partial charge is 0.310 e. The molecule has 0 radical (unpaired) electrons. The lowest BCUT2D eigenvalue weighted by molar-refractivity contribution is -0.135. The van der Waals surface area contributed by atoms with Gasteiger partial charge in [-0.2, -0.15) is 13.2 Å². The second-order valence-corrected chi connectivity index (χ2v) is 5.01. The normalized spacial score (nSPS) is 12.0. The molecule has 0 saturated heterocycles. The average Bonchev–Trinajstić information content (AvgIpc) is 2.36. The van der Waals surface area contributed by atoms with Gasteiger partial charge in [0.25, 0.3) is 5.56 Å². The zero-order valence-electron chi connectivity index (χ0n) is 10.9. The van der Waals surface area contributed by atoms with Crippen LogP contribution in [0.2, 0.25) is 5.02 Å². The van der Waals surface area contributed by atoms with E-state index in [0.29, 0.717) is 21.7 Å². The first-order chi connectivity index (χ1) is 9.85. The van der Waals surface area contributed by atoms with E-state index in [1.54, 1.807) is 18.2 Å². The van der Waals surface area contributed by atoms with Crippen LogP contribution in [0.25, 0.3) is 10.9 Å². The molecule has 0 aliphatic carbocycles. The van der Waals surface area contributed by atoms with Gasteiger partial charge in [0.15, 0.2) is 0 Å². The fraction of sp³-hybridized carbons (Fsp3) is 0.385. The minimum absolute atomic E-state index is 0.0207. The highest BCUT2D eigenvalue weighted by Crippen LogP contribution is 2.20. The van der Waals surface area contributed by atoms with Crippen LogP contribution in [-0.2, 0) is 6.54 Å². The topological polar surface area (TPSA) is 57.8 Å². The van der Waals surface area contributed by atoms with Crippen LogP contribution in [0, 0.1) is 0 Å². The Labute approximate surface area is 123 Å². The number of hydrogen-bond acceptors (Lipinski definition) is 3. The Morgan fingerprint density at radius 3 is 2.81 bits per heavy atom. The first kappa shape index (κ1) is 15.8. The fourth-order valence-electron chi connectivity index (χ4n) is 1.87. The molecule has 0 aliphatic heterocycles. The van der Waals surface area contributed by atoms with Gasteiger partial charge in [0.2, 0.25) is 0 Å². The molecule has 8 heteroatoms. The molecule has 1 aromatic carbocycles. The van der Waals surface area contributed by atoms with E-state index in [9.17, 15) is 18.0 Å². The third kappa shape index (κ3) is 4.71. The molecule has 0 saturated carbocycles. The molecular formula is C13H13ClF3N3O. The van der Waals surface area contributed by atoms with Gasteiger partial charge in [0.1, 0.15) is 5.82 Å². The molecule has 4 nitrogen and oxygen atoms in total. The van der Waals surface area contributed by atoms with E-state index in [-0.39, 0.29) is 25.1 Å². The minimum Gasteiger partial charge on any atom is -0.310 e. The molecule has 114 valence electrons. The third-order valence-corrected chi connectivity index (χ3v) is 3.06. The number of aromatic amines is 1. The van der Waals surface area contributed by atoms with E-state index >= 15 is 0 Å². The Kier molecular flexibility index (Phi) is 4.84. The highest BCUT2D eigenvalue weighted by atomic mass is 35.5. The van der Waals surface area contributed by atoms with Crippen molar-refractivity contribution in [3.05, 3.63) is 39.4 Å². The number of hydrogen-bond donors (Lipinski definition) is 2. The lowest BCUT2D eigenvalue weighted by Gasteiger charge is -2.07. The first-order valence-electron chi connectivity index (χ1n) is 6.31. The molecule has 0 aliphatic rings. The van der Waals surface area contributed by atoms with Crippen molar-refractivity contribution in [1.29, 1.82) is 0 Å². The van der Waals surface area contributed by atoms with E-state index in [1.807, 2.05) is 0 Å². The van der Waals surface area contributed by atoms with E-state index in [4.69, 9.17) is 11.6 Å². The summed E-state index contributed by atoms with van der Waals surface area (Å²) in [7, 11) is 0. The predicted octanol–water partition coefficient (Wildman–Crippen LogP) is 3.01. The van der Waals surface area contributed by atoms with Crippen molar-refractivity contribution in [3.63, 3.8) is 0 Å². The van der Waals surface area contributed by atoms with E-state index in [2.05, 4.69) is 15.3 Å². The van der Waals surface area contributed by atoms with Gasteiger partial charge < -0.3 is 10.3 Å². The highest BCUT2D eigenvalue weighted by Gasteiger charge is 2.25. The minimum atomic E-state index is -4.14. The molecular weight excluding hydrogens is 307 g/mol. The van der Waals surface area contributed by atoms with Gasteiger partial charge in [-0.05, 0) is 31.2 Å². The van der Waals surface area contributed by atoms with Crippen molar-refractivity contribution in [2.24, 2.45) is 0 Å². The lowest BCUT2D eigenvalue weighted by Crippen LogP contribution is -2.21. The van der Waals surface area contributed by atoms with Crippen molar-refractivity contribution in [3.8, 4) is 0 Å². The molecule has 21 heavy (non-hydrogen) atoms. The molecule has 2 rings (SSSR count). The quantitative estimate of drug-likeness (QED) is 0.833. The summed E-state index contributed by atoms with van der Waals surface area (Å²) < 4.78 is 35.9. The molecule has 1 heterocycles. The third-order valence-electron chi connectivity index (χ3n) is 2.82. The zero-order valence-corrected chi connectivity index (χ0v) is 11.7. The molecule has 0 fully saturated rings. The van der Waals surface area contributed by atoms with Crippen molar-refractivity contribution >= 4 is 22.5 Å². The molecule has 1 aromatic heterocycles. The van der Waals surface area contributed by atoms with Crippen molar-refractivity contribution in [1.82, 2.24) is 15.3 Å². The van der Waals surface area contributed by atoms with Crippen LogP contribution < -0.4 is 10.9 Å². The maximum atomic E-state index is 12.0. The Morgan fingerprint density at radius 1 is 1.33 bits per heavy atom. The maximum Gasteiger partial charge on any atom is 0.389 e. The summed E-state index contributed by atoms with van der Waals surface area (Å²) in [4.78, 5) is 18.6. The number of fused-ring (bicyclic) bond motifs is 1. The predicted molar refractivity (Wildman–Crippen MR) is 74.4 cm³/mol.